The number of carbonyl (C=O) groups excluding carboxylic acids is 1. The second kappa shape index (κ2) is 3.56. The lowest BCUT2D eigenvalue weighted by molar-refractivity contribution is 0.112. The molecule has 0 amide bonds. The summed E-state index contributed by atoms with van der Waals surface area (Å²) in [6, 6.07) is 11.2. The number of hydrogen-bond donors (Lipinski definition) is 0. The van der Waals surface area contributed by atoms with E-state index in [0.29, 0.717) is 17.3 Å². The van der Waals surface area contributed by atoms with Gasteiger partial charge in [0.25, 0.3) is 0 Å². The Labute approximate surface area is 96.3 Å². The zero-order chi connectivity index (χ0) is 11.8. The lowest BCUT2D eigenvalue weighted by atomic mass is 10.1. The Bertz CT molecular complexity index is 784. The topological polar surface area (TPSA) is 47.3 Å². The molecule has 3 rings (SSSR count). The molecule has 0 bridgehead atoms. The molecular weight excluding hydrogens is 216 g/mol. The standard InChI is InChI=1S/C14H8O3/c15-7-10-8-17-14-11-4-2-1-3-9(11)5-6-12(14)13(10)16/h1-8H. The zero-order valence-electron chi connectivity index (χ0n) is 8.84. The molecule has 0 aliphatic rings. The molecule has 0 unspecified atom stereocenters. The molecule has 0 aliphatic heterocycles. The average Bonchev–Trinajstić information content (AvgIpc) is 2.39. The maximum Gasteiger partial charge on any atom is 0.203 e. The third kappa shape index (κ3) is 1.36. The van der Waals surface area contributed by atoms with Crippen molar-refractivity contribution in [3.8, 4) is 0 Å². The summed E-state index contributed by atoms with van der Waals surface area (Å²) in [5, 5.41) is 2.31. The van der Waals surface area contributed by atoms with Crippen LogP contribution in [0.15, 0.2) is 51.9 Å². The minimum absolute atomic E-state index is 0.0489. The number of aldehydes is 1. The van der Waals surface area contributed by atoms with Crippen LogP contribution in [0.1, 0.15) is 10.4 Å². The monoisotopic (exact) mass is 224 g/mol. The molecule has 1 aromatic heterocycles. The van der Waals surface area contributed by atoms with Crippen LogP contribution in [0.25, 0.3) is 21.7 Å². The first-order chi connectivity index (χ1) is 8.31. The number of rotatable bonds is 1. The van der Waals surface area contributed by atoms with Crippen LogP contribution < -0.4 is 5.43 Å². The highest BCUT2D eigenvalue weighted by Gasteiger charge is 2.08. The van der Waals surface area contributed by atoms with Gasteiger partial charge in [0, 0.05) is 5.39 Å². The summed E-state index contributed by atoms with van der Waals surface area (Å²) < 4.78 is 5.40. The van der Waals surface area contributed by atoms with E-state index in [2.05, 4.69) is 0 Å². The minimum Gasteiger partial charge on any atom is -0.463 e. The quantitative estimate of drug-likeness (QED) is 0.471. The van der Waals surface area contributed by atoms with Gasteiger partial charge >= 0.3 is 0 Å². The smallest absolute Gasteiger partial charge is 0.203 e. The van der Waals surface area contributed by atoms with Crippen molar-refractivity contribution < 1.29 is 9.21 Å². The molecule has 0 N–H and O–H groups in total. The van der Waals surface area contributed by atoms with Crippen molar-refractivity contribution >= 4 is 28.0 Å². The Morgan fingerprint density at radius 2 is 1.82 bits per heavy atom. The Balaban J connectivity index is 2.58. The predicted octanol–water partition coefficient (Wildman–Crippen LogP) is 2.76. The van der Waals surface area contributed by atoms with E-state index in [4.69, 9.17) is 4.42 Å². The second-order valence-corrected chi connectivity index (χ2v) is 3.80. The highest BCUT2D eigenvalue weighted by Crippen LogP contribution is 2.23. The molecule has 3 aromatic rings. The van der Waals surface area contributed by atoms with Crippen molar-refractivity contribution in [1.82, 2.24) is 0 Å². The summed E-state index contributed by atoms with van der Waals surface area (Å²) >= 11 is 0. The lowest BCUT2D eigenvalue weighted by Crippen LogP contribution is -2.07. The minimum atomic E-state index is -0.285. The van der Waals surface area contributed by atoms with Gasteiger partial charge in [0.15, 0.2) is 6.29 Å². The van der Waals surface area contributed by atoms with Gasteiger partial charge in [0.2, 0.25) is 5.43 Å². The van der Waals surface area contributed by atoms with Crippen molar-refractivity contribution in [3.05, 3.63) is 58.4 Å². The summed E-state index contributed by atoms with van der Waals surface area (Å²) in [5.41, 5.74) is 0.290. The van der Waals surface area contributed by atoms with E-state index in [1.165, 1.54) is 6.26 Å². The van der Waals surface area contributed by atoms with Gasteiger partial charge in [-0.1, -0.05) is 30.3 Å². The van der Waals surface area contributed by atoms with Gasteiger partial charge in [-0.3, -0.25) is 9.59 Å². The molecule has 0 spiro atoms. The summed E-state index contributed by atoms with van der Waals surface area (Å²) in [7, 11) is 0. The molecule has 17 heavy (non-hydrogen) atoms. The second-order valence-electron chi connectivity index (χ2n) is 3.80. The van der Waals surface area contributed by atoms with Crippen molar-refractivity contribution in [2.24, 2.45) is 0 Å². The highest BCUT2D eigenvalue weighted by molar-refractivity contribution is 6.04. The number of benzene rings is 2. The van der Waals surface area contributed by atoms with Crippen LogP contribution in [0.3, 0.4) is 0 Å². The van der Waals surface area contributed by atoms with Crippen LogP contribution in [0.5, 0.6) is 0 Å². The van der Waals surface area contributed by atoms with Crippen molar-refractivity contribution in [2.45, 2.75) is 0 Å². The number of fused-ring (bicyclic) bond motifs is 3. The van der Waals surface area contributed by atoms with Crippen LogP contribution in [0.2, 0.25) is 0 Å². The Hall–Kier alpha value is -2.42. The normalized spacial score (nSPS) is 10.8. The summed E-state index contributed by atoms with van der Waals surface area (Å²) in [6.07, 6.45) is 1.73. The maximum absolute atomic E-state index is 11.9. The molecule has 3 nitrogen and oxygen atoms in total. The molecule has 82 valence electrons. The Kier molecular flexibility index (Phi) is 2.05. The summed E-state index contributed by atoms with van der Waals surface area (Å²) in [5.74, 6) is 0. The van der Waals surface area contributed by atoms with Crippen LogP contribution >= 0.6 is 0 Å². The van der Waals surface area contributed by atoms with E-state index >= 15 is 0 Å². The first kappa shape index (κ1) is 9.78. The van der Waals surface area contributed by atoms with Gasteiger partial charge in [-0.25, -0.2) is 0 Å². The van der Waals surface area contributed by atoms with E-state index < -0.39 is 0 Å². The molecule has 0 fully saturated rings. The van der Waals surface area contributed by atoms with E-state index in [1.54, 1.807) is 6.07 Å². The van der Waals surface area contributed by atoms with Gasteiger partial charge in [-0.15, -0.1) is 0 Å². The first-order valence-electron chi connectivity index (χ1n) is 5.20. The SMILES string of the molecule is O=Cc1coc2c(ccc3ccccc32)c1=O. The fourth-order valence-corrected chi connectivity index (χ4v) is 1.96. The summed E-state index contributed by atoms with van der Waals surface area (Å²) in [4.78, 5) is 22.6. The van der Waals surface area contributed by atoms with Crippen LogP contribution in [-0.2, 0) is 0 Å². The van der Waals surface area contributed by atoms with Gasteiger partial charge in [-0.05, 0) is 11.5 Å². The fraction of sp³-hybridized carbons (Fsp3) is 0. The van der Waals surface area contributed by atoms with Crippen LogP contribution in [0.4, 0.5) is 0 Å². The maximum atomic E-state index is 11.9. The molecule has 2 aromatic carbocycles. The fourth-order valence-electron chi connectivity index (χ4n) is 1.96. The van der Waals surface area contributed by atoms with Crippen LogP contribution in [0, 0.1) is 0 Å². The molecule has 0 radical (unpaired) electrons. The third-order valence-corrected chi connectivity index (χ3v) is 2.82. The van der Waals surface area contributed by atoms with Crippen molar-refractivity contribution in [1.29, 1.82) is 0 Å². The predicted molar refractivity (Wildman–Crippen MR) is 65.4 cm³/mol. The molecule has 0 saturated heterocycles. The van der Waals surface area contributed by atoms with E-state index in [1.807, 2.05) is 30.3 Å². The number of hydrogen-bond acceptors (Lipinski definition) is 3. The van der Waals surface area contributed by atoms with E-state index in [0.717, 1.165) is 10.8 Å². The first-order valence-corrected chi connectivity index (χ1v) is 5.20. The van der Waals surface area contributed by atoms with Gasteiger partial charge < -0.3 is 4.42 Å². The van der Waals surface area contributed by atoms with Gasteiger partial charge in [0.05, 0.1) is 10.9 Å². The molecular formula is C14H8O3. The summed E-state index contributed by atoms with van der Waals surface area (Å²) in [6.45, 7) is 0. The number of carbonyl (C=O) groups is 1. The molecule has 0 saturated carbocycles. The molecule has 0 atom stereocenters. The zero-order valence-corrected chi connectivity index (χ0v) is 8.84. The molecule has 3 heteroatoms. The van der Waals surface area contributed by atoms with Crippen molar-refractivity contribution in [3.63, 3.8) is 0 Å². The molecule has 0 aliphatic carbocycles. The Morgan fingerprint density at radius 1 is 1.00 bits per heavy atom. The van der Waals surface area contributed by atoms with Crippen LogP contribution in [-0.4, -0.2) is 6.29 Å². The van der Waals surface area contributed by atoms with Gasteiger partial charge in [0.1, 0.15) is 11.8 Å². The Morgan fingerprint density at radius 3 is 2.65 bits per heavy atom. The van der Waals surface area contributed by atoms with Crippen molar-refractivity contribution in [2.75, 3.05) is 0 Å². The largest absolute Gasteiger partial charge is 0.463 e. The highest BCUT2D eigenvalue weighted by atomic mass is 16.3. The average molecular weight is 224 g/mol. The third-order valence-electron chi connectivity index (χ3n) is 2.82. The van der Waals surface area contributed by atoms with E-state index in [9.17, 15) is 9.59 Å². The lowest BCUT2D eigenvalue weighted by Gasteiger charge is -2.02. The van der Waals surface area contributed by atoms with E-state index in [-0.39, 0.29) is 11.0 Å². The molecule has 1 heterocycles. The van der Waals surface area contributed by atoms with Gasteiger partial charge in [-0.2, -0.15) is 0 Å².